The average molecular weight is 269 g/mol. The van der Waals surface area contributed by atoms with Crippen LogP contribution in [0.2, 0.25) is 0 Å². The first-order chi connectivity index (χ1) is 9.22. The molecule has 19 heavy (non-hydrogen) atoms. The van der Waals surface area contributed by atoms with E-state index in [1.54, 1.807) is 18.0 Å². The van der Waals surface area contributed by atoms with Crippen molar-refractivity contribution in [1.29, 1.82) is 0 Å². The summed E-state index contributed by atoms with van der Waals surface area (Å²) in [5.74, 6) is 0.918. The van der Waals surface area contributed by atoms with Crippen molar-refractivity contribution < 1.29 is 0 Å². The lowest BCUT2D eigenvalue weighted by atomic mass is 10.1. The Morgan fingerprint density at radius 3 is 2.84 bits per heavy atom. The maximum Gasteiger partial charge on any atom is 0.178 e. The van der Waals surface area contributed by atoms with Gasteiger partial charge in [0.1, 0.15) is 0 Å². The topological polar surface area (TPSA) is 41.6 Å². The van der Waals surface area contributed by atoms with Gasteiger partial charge in [0, 0.05) is 11.9 Å². The molecule has 96 valence electrons. The quantitative estimate of drug-likeness (QED) is 0.734. The maximum absolute atomic E-state index is 4.46. The summed E-state index contributed by atoms with van der Waals surface area (Å²) in [7, 11) is 0. The number of nitrogens with zero attached hydrogens (tertiary/aromatic N) is 2. The molecule has 0 bridgehead atoms. The first-order valence-electron chi connectivity index (χ1n) is 6.22. The number of imidazole rings is 1. The summed E-state index contributed by atoms with van der Waals surface area (Å²) in [5.41, 5.74) is 5.77. The molecule has 2 heterocycles. The Morgan fingerprint density at radius 1 is 1.16 bits per heavy atom. The van der Waals surface area contributed by atoms with Crippen LogP contribution in [0.5, 0.6) is 0 Å². The minimum absolute atomic E-state index is 0.782. The molecule has 0 aliphatic heterocycles. The fourth-order valence-electron chi connectivity index (χ4n) is 1.94. The van der Waals surface area contributed by atoms with E-state index < -0.39 is 0 Å². The van der Waals surface area contributed by atoms with Crippen molar-refractivity contribution in [3.8, 4) is 0 Å². The summed E-state index contributed by atoms with van der Waals surface area (Å²) in [4.78, 5) is 12.0. The number of rotatable bonds is 3. The van der Waals surface area contributed by atoms with Gasteiger partial charge in [0.2, 0.25) is 0 Å². The van der Waals surface area contributed by atoms with E-state index in [-0.39, 0.29) is 0 Å². The number of pyridine rings is 1. The lowest BCUT2D eigenvalue weighted by Crippen LogP contribution is -1.86. The highest BCUT2D eigenvalue weighted by Gasteiger charge is 2.04. The molecule has 0 atom stereocenters. The summed E-state index contributed by atoms with van der Waals surface area (Å²) in [6, 6.07) is 10.5. The van der Waals surface area contributed by atoms with Gasteiger partial charge in [-0.3, -0.25) is 0 Å². The normalized spacial score (nSPS) is 11.1. The third-order valence-electron chi connectivity index (χ3n) is 3.18. The second-order valence-corrected chi connectivity index (χ2v) is 5.59. The summed E-state index contributed by atoms with van der Waals surface area (Å²) in [6.07, 6.45) is 1.76. The molecule has 0 spiro atoms. The molecule has 0 aliphatic rings. The van der Waals surface area contributed by atoms with Crippen LogP contribution in [-0.2, 0) is 5.75 Å². The van der Waals surface area contributed by atoms with E-state index in [2.05, 4.69) is 47.0 Å². The van der Waals surface area contributed by atoms with Crippen LogP contribution in [0.3, 0.4) is 0 Å². The molecule has 3 rings (SSSR count). The van der Waals surface area contributed by atoms with Crippen molar-refractivity contribution >= 4 is 22.9 Å². The number of aryl methyl sites for hydroxylation is 2. The Kier molecular flexibility index (Phi) is 3.25. The summed E-state index contributed by atoms with van der Waals surface area (Å²) < 4.78 is 0. The highest BCUT2D eigenvalue weighted by molar-refractivity contribution is 7.98. The fraction of sp³-hybridized carbons (Fsp3) is 0.200. The van der Waals surface area contributed by atoms with Gasteiger partial charge in [-0.25, -0.2) is 9.97 Å². The van der Waals surface area contributed by atoms with Gasteiger partial charge in [-0.05, 0) is 42.7 Å². The van der Waals surface area contributed by atoms with E-state index in [1.807, 2.05) is 12.1 Å². The van der Waals surface area contributed by atoms with Crippen LogP contribution < -0.4 is 0 Å². The first-order valence-corrected chi connectivity index (χ1v) is 7.20. The van der Waals surface area contributed by atoms with Crippen LogP contribution in [0.1, 0.15) is 16.7 Å². The number of benzene rings is 1. The van der Waals surface area contributed by atoms with Crippen molar-refractivity contribution in [2.45, 2.75) is 24.8 Å². The Bertz CT molecular complexity index is 685. The first kappa shape index (κ1) is 12.2. The lowest BCUT2D eigenvalue weighted by Gasteiger charge is -2.03. The molecule has 2 aromatic heterocycles. The largest absolute Gasteiger partial charge is 0.332 e. The molecule has 3 aromatic rings. The molecule has 4 heteroatoms. The Hall–Kier alpha value is -1.81. The summed E-state index contributed by atoms with van der Waals surface area (Å²) >= 11 is 1.71. The molecule has 1 N–H and O–H groups in total. The van der Waals surface area contributed by atoms with Gasteiger partial charge in [0.05, 0.1) is 5.52 Å². The molecule has 0 unspecified atom stereocenters. The predicted molar refractivity (Wildman–Crippen MR) is 79.4 cm³/mol. The Morgan fingerprint density at radius 2 is 2.05 bits per heavy atom. The molecule has 0 saturated carbocycles. The second-order valence-electron chi connectivity index (χ2n) is 4.62. The molecule has 3 nitrogen and oxygen atoms in total. The smallest absolute Gasteiger partial charge is 0.178 e. The number of thioether (sulfide) groups is 1. The zero-order valence-electron chi connectivity index (χ0n) is 11.0. The van der Waals surface area contributed by atoms with Gasteiger partial charge in [0.25, 0.3) is 0 Å². The highest BCUT2D eigenvalue weighted by Crippen LogP contribution is 2.23. The molecule has 0 aliphatic carbocycles. The second kappa shape index (κ2) is 5.05. The maximum atomic E-state index is 4.46. The lowest BCUT2D eigenvalue weighted by molar-refractivity contribution is 1.07. The minimum atomic E-state index is 0.782. The number of fused-ring (bicyclic) bond motifs is 1. The molecule has 0 saturated heterocycles. The van der Waals surface area contributed by atoms with E-state index in [0.29, 0.717) is 0 Å². The van der Waals surface area contributed by atoms with Crippen LogP contribution in [0.4, 0.5) is 0 Å². The average Bonchev–Trinajstić information content (AvgIpc) is 2.83. The van der Waals surface area contributed by atoms with E-state index in [9.17, 15) is 0 Å². The number of aromatic amines is 1. The van der Waals surface area contributed by atoms with Crippen molar-refractivity contribution in [3.63, 3.8) is 0 Å². The summed E-state index contributed by atoms with van der Waals surface area (Å²) in [6.45, 7) is 4.28. The summed E-state index contributed by atoms with van der Waals surface area (Å²) in [5, 5.41) is 0.923. The van der Waals surface area contributed by atoms with E-state index in [0.717, 1.165) is 22.1 Å². The number of hydrogen-bond acceptors (Lipinski definition) is 3. The van der Waals surface area contributed by atoms with E-state index >= 15 is 0 Å². The van der Waals surface area contributed by atoms with Gasteiger partial charge in [-0.1, -0.05) is 30.0 Å². The molecular formula is C15H15N3S. The zero-order valence-corrected chi connectivity index (χ0v) is 11.8. The molecule has 0 amide bonds. The van der Waals surface area contributed by atoms with Gasteiger partial charge < -0.3 is 4.98 Å². The van der Waals surface area contributed by atoms with Crippen LogP contribution in [0.25, 0.3) is 11.2 Å². The molecule has 0 radical (unpaired) electrons. The van der Waals surface area contributed by atoms with Crippen molar-refractivity contribution in [2.24, 2.45) is 0 Å². The Balaban J connectivity index is 1.76. The van der Waals surface area contributed by atoms with Gasteiger partial charge in [-0.15, -0.1) is 0 Å². The monoisotopic (exact) mass is 269 g/mol. The molecular weight excluding hydrogens is 254 g/mol. The molecule has 1 aromatic carbocycles. The van der Waals surface area contributed by atoms with Crippen LogP contribution in [-0.4, -0.2) is 15.0 Å². The van der Waals surface area contributed by atoms with E-state index in [4.69, 9.17) is 0 Å². The zero-order chi connectivity index (χ0) is 13.2. The SMILES string of the molecule is Cc1ccc(CSc2nc3ncccc3[nH]2)cc1C. The van der Waals surface area contributed by atoms with Crippen LogP contribution in [0.15, 0.2) is 41.7 Å². The Labute approximate surface area is 116 Å². The van der Waals surface area contributed by atoms with Crippen LogP contribution in [0, 0.1) is 13.8 Å². The highest BCUT2D eigenvalue weighted by atomic mass is 32.2. The van der Waals surface area contributed by atoms with Gasteiger partial charge in [0.15, 0.2) is 10.8 Å². The van der Waals surface area contributed by atoms with Gasteiger partial charge in [-0.2, -0.15) is 0 Å². The van der Waals surface area contributed by atoms with Gasteiger partial charge >= 0.3 is 0 Å². The van der Waals surface area contributed by atoms with Crippen molar-refractivity contribution in [3.05, 3.63) is 53.2 Å². The fourth-order valence-corrected chi connectivity index (χ4v) is 2.75. The third-order valence-corrected chi connectivity index (χ3v) is 4.13. The number of nitrogens with one attached hydrogen (secondary N) is 1. The number of aromatic nitrogens is 3. The van der Waals surface area contributed by atoms with E-state index in [1.165, 1.54) is 16.7 Å². The number of hydrogen-bond donors (Lipinski definition) is 1. The van der Waals surface area contributed by atoms with Crippen molar-refractivity contribution in [1.82, 2.24) is 15.0 Å². The third kappa shape index (κ3) is 2.63. The molecule has 0 fully saturated rings. The minimum Gasteiger partial charge on any atom is -0.332 e. The van der Waals surface area contributed by atoms with Crippen LogP contribution >= 0.6 is 11.8 Å². The standard InChI is InChI=1S/C15H15N3S/c1-10-5-6-12(8-11(10)2)9-19-15-17-13-4-3-7-16-14(13)18-15/h3-8H,9H2,1-2H3,(H,16,17,18). The predicted octanol–water partition coefficient (Wildman–Crippen LogP) is 3.87. The number of H-pyrrole nitrogens is 1. The van der Waals surface area contributed by atoms with Crippen molar-refractivity contribution in [2.75, 3.05) is 0 Å².